The maximum absolute atomic E-state index is 13.0. The first-order chi connectivity index (χ1) is 12.8. The lowest BCUT2D eigenvalue weighted by molar-refractivity contribution is -0.131. The highest BCUT2D eigenvalue weighted by molar-refractivity contribution is 6.35. The molecule has 2 aromatic rings. The van der Waals surface area contributed by atoms with Crippen LogP contribution in [0.25, 0.3) is 0 Å². The van der Waals surface area contributed by atoms with Crippen molar-refractivity contribution in [1.29, 1.82) is 0 Å². The summed E-state index contributed by atoms with van der Waals surface area (Å²) in [5, 5.41) is 3.43. The van der Waals surface area contributed by atoms with Gasteiger partial charge in [0.25, 0.3) is 5.91 Å². The molecule has 6 nitrogen and oxygen atoms in total. The van der Waals surface area contributed by atoms with Crippen molar-refractivity contribution >= 4 is 41.1 Å². The van der Waals surface area contributed by atoms with E-state index in [1.807, 2.05) is 0 Å². The molecule has 2 aromatic carbocycles. The molecule has 0 radical (unpaired) electrons. The third-order valence-corrected chi connectivity index (χ3v) is 5.01. The SMILES string of the molecule is COC(=O)c1ccc(CN2C(=O)NC(C)(c3ccc(Cl)cc3Cl)C2=O)cc1. The van der Waals surface area contributed by atoms with Crippen molar-refractivity contribution in [2.24, 2.45) is 0 Å². The molecule has 1 saturated heterocycles. The Bertz CT molecular complexity index is 930. The summed E-state index contributed by atoms with van der Waals surface area (Å²) < 4.78 is 4.65. The van der Waals surface area contributed by atoms with Crippen LogP contribution in [-0.2, 0) is 21.6 Å². The van der Waals surface area contributed by atoms with Gasteiger partial charge < -0.3 is 10.1 Å². The Hall–Kier alpha value is -2.57. The fourth-order valence-corrected chi connectivity index (χ4v) is 3.56. The highest BCUT2D eigenvalue weighted by atomic mass is 35.5. The van der Waals surface area contributed by atoms with Crippen LogP contribution in [0.3, 0.4) is 0 Å². The normalized spacial score (nSPS) is 19.2. The van der Waals surface area contributed by atoms with Crippen molar-refractivity contribution in [1.82, 2.24) is 10.2 Å². The number of nitrogens with zero attached hydrogens (tertiary/aromatic N) is 1. The van der Waals surface area contributed by atoms with Crippen LogP contribution in [-0.4, -0.2) is 29.9 Å². The third kappa shape index (κ3) is 3.50. The van der Waals surface area contributed by atoms with Crippen LogP contribution in [0, 0.1) is 0 Å². The average molecular weight is 407 g/mol. The van der Waals surface area contributed by atoms with Gasteiger partial charge in [-0.05, 0) is 36.8 Å². The average Bonchev–Trinajstić information content (AvgIpc) is 2.85. The lowest BCUT2D eigenvalue weighted by atomic mass is 9.92. The second-order valence-electron chi connectivity index (χ2n) is 6.26. The lowest BCUT2D eigenvalue weighted by Crippen LogP contribution is -2.41. The van der Waals surface area contributed by atoms with Crippen LogP contribution in [0.15, 0.2) is 42.5 Å². The molecule has 0 saturated carbocycles. The van der Waals surface area contributed by atoms with Gasteiger partial charge >= 0.3 is 12.0 Å². The van der Waals surface area contributed by atoms with E-state index < -0.39 is 23.4 Å². The highest BCUT2D eigenvalue weighted by Crippen LogP contribution is 2.35. The maximum Gasteiger partial charge on any atom is 0.337 e. The van der Waals surface area contributed by atoms with Crippen molar-refractivity contribution in [2.45, 2.75) is 19.0 Å². The van der Waals surface area contributed by atoms with Crippen molar-refractivity contribution < 1.29 is 19.1 Å². The minimum atomic E-state index is -1.29. The van der Waals surface area contributed by atoms with E-state index in [-0.39, 0.29) is 6.54 Å². The fourth-order valence-electron chi connectivity index (χ4n) is 2.96. The first kappa shape index (κ1) is 19.2. The molecule has 27 heavy (non-hydrogen) atoms. The number of imide groups is 1. The van der Waals surface area contributed by atoms with E-state index in [4.69, 9.17) is 23.2 Å². The molecule has 8 heteroatoms. The van der Waals surface area contributed by atoms with Crippen LogP contribution in [0.1, 0.15) is 28.4 Å². The number of nitrogens with one attached hydrogen (secondary N) is 1. The van der Waals surface area contributed by atoms with E-state index in [9.17, 15) is 14.4 Å². The molecule has 3 rings (SSSR count). The van der Waals surface area contributed by atoms with Gasteiger partial charge in [-0.15, -0.1) is 0 Å². The number of esters is 1. The van der Waals surface area contributed by atoms with Gasteiger partial charge in [0.05, 0.1) is 19.2 Å². The van der Waals surface area contributed by atoms with Crippen molar-refractivity contribution in [3.63, 3.8) is 0 Å². The Labute approximate surface area is 166 Å². The molecule has 3 amide bonds. The van der Waals surface area contributed by atoms with Gasteiger partial charge in [0.2, 0.25) is 0 Å². The summed E-state index contributed by atoms with van der Waals surface area (Å²) in [4.78, 5) is 38.0. The Kier molecular flexibility index (Phi) is 5.13. The molecule has 1 heterocycles. The zero-order valence-corrected chi connectivity index (χ0v) is 16.1. The van der Waals surface area contributed by atoms with E-state index in [1.165, 1.54) is 13.2 Å². The zero-order valence-electron chi connectivity index (χ0n) is 14.6. The standard InChI is InChI=1S/C19H16Cl2N2O4/c1-19(14-8-7-13(20)9-15(14)21)17(25)23(18(26)22-19)10-11-3-5-12(6-4-11)16(24)27-2/h3-9H,10H2,1-2H3,(H,22,26). The number of ether oxygens (including phenoxy) is 1. The number of methoxy groups -OCH3 is 1. The largest absolute Gasteiger partial charge is 0.465 e. The number of amides is 3. The molecule has 140 valence electrons. The van der Waals surface area contributed by atoms with Crippen LogP contribution in [0.2, 0.25) is 10.0 Å². The van der Waals surface area contributed by atoms with E-state index in [0.29, 0.717) is 26.7 Å². The van der Waals surface area contributed by atoms with Crippen molar-refractivity contribution in [3.8, 4) is 0 Å². The Balaban J connectivity index is 1.85. The number of hydrogen-bond acceptors (Lipinski definition) is 4. The van der Waals surface area contributed by atoms with Gasteiger partial charge in [-0.25, -0.2) is 9.59 Å². The fraction of sp³-hybridized carbons (Fsp3) is 0.211. The summed E-state index contributed by atoms with van der Waals surface area (Å²) in [5.41, 5.74) is 0.259. The second-order valence-corrected chi connectivity index (χ2v) is 7.10. The molecule has 1 aliphatic rings. The maximum atomic E-state index is 13.0. The number of hydrogen-bond donors (Lipinski definition) is 1. The zero-order chi connectivity index (χ0) is 19.8. The summed E-state index contributed by atoms with van der Waals surface area (Å²) in [5.74, 6) is -0.879. The minimum absolute atomic E-state index is 0.0624. The van der Waals surface area contributed by atoms with Gasteiger partial charge in [-0.2, -0.15) is 0 Å². The molecule has 1 N–H and O–H groups in total. The number of carbonyl (C=O) groups is 3. The van der Waals surface area contributed by atoms with Crippen LogP contribution in [0.4, 0.5) is 4.79 Å². The van der Waals surface area contributed by atoms with Gasteiger partial charge in [0.15, 0.2) is 0 Å². The first-order valence-corrected chi connectivity index (χ1v) is 8.79. The van der Waals surface area contributed by atoms with E-state index in [1.54, 1.807) is 43.3 Å². The van der Waals surface area contributed by atoms with Gasteiger partial charge in [-0.3, -0.25) is 9.69 Å². The molecule has 0 spiro atoms. The Morgan fingerprint density at radius 3 is 2.41 bits per heavy atom. The van der Waals surface area contributed by atoms with Crippen molar-refractivity contribution in [3.05, 3.63) is 69.2 Å². The molecule has 1 atom stereocenters. The van der Waals surface area contributed by atoms with E-state index in [2.05, 4.69) is 10.1 Å². The minimum Gasteiger partial charge on any atom is -0.465 e. The molecule has 0 bridgehead atoms. The number of carbonyl (C=O) groups excluding carboxylic acids is 3. The summed E-state index contributed by atoms with van der Waals surface area (Å²) in [6.07, 6.45) is 0. The Morgan fingerprint density at radius 2 is 1.81 bits per heavy atom. The summed E-state index contributed by atoms with van der Waals surface area (Å²) >= 11 is 12.1. The number of benzene rings is 2. The first-order valence-electron chi connectivity index (χ1n) is 8.03. The quantitative estimate of drug-likeness (QED) is 0.619. The van der Waals surface area contributed by atoms with Crippen LogP contribution < -0.4 is 5.32 Å². The second kappa shape index (κ2) is 7.21. The van der Waals surface area contributed by atoms with E-state index in [0.717, 1.165) is 4.90 Å². The molecular weight excluding hydrogens is 391 g/mol. The van der Waals surface area contributed by atoms with Crippen LogP contribution in [0.5, 0.6) is 0 Å². The molecular formula is C19H16Cl2N2O4. The smallest absolute Gasteiger partial charge is 0.337 e. The van der Waals surface area contributed by atoms with Gasteiger partial charge in [-0.1, -0.05) is 41.4 Å². The Morgan fingerprint density at radius 1 is 1.15 bits per heavy atom. The predicted octanol–water partition coefficient (Wildman–Crippen LogP) is 3.75. The lowest BCUT2D eigenvalue weighted by Gasteiger charge is -2.23. The van der Waals surface area contributed by atoms with E-state index >= 15 is 0 Å². The predicted molar refractivity (Wildman–Crippen MR) is 101 cm³/mol. The van der Waals surface area contributed by atoms with Gasteiger partial charge in [0.1, 0.15) is 5.54 Å². The number of rotatable bonds is 4. The summed E-state index contributed by atoms with van der Waals surface area (Å²) in [6, 6.07) is 10.7. The highest BCUT2D eigenvalue weighted by Gasteiger charge is 2.49. The van der Waals surface area contributed by atoms with Crippen LogP contribution >= 0.6 is 23.2 Å². The van der Waals surface area contributed by atoms with Gasteiger partial charge in [0, 0.05) is 15.6 Å². The van der Waals surface area contributed by atoms with Crippen molar-refractivity contribution in [2.75, 3.05) is 7.11 Å². The molecule has 0 aliphatic carbocycles. The number of halogens is 2. The molecule has 1 fully saturated rings. The molecule has 1 aliphatic heterocycles. The molecule has 1 unspecified atom stereocenters. The summed E-state index contributed by atoms with van der Waals surface area (Å²) in [7, 11) is 1.30. The molecule has 0 aromatic heterocycles. The monoisotopic (exact) mass is 406 g/mol. The topological polar surface area (TPSA) is 75.7 Å². The third-order valence-electron chi connectivity index (χ3n) is 4.46. The summed E-state index contributed by atoms with van der Waals surface area (Å²) in [6.45, 7) is 1.66. The number of urea groups is 1.